The first-order chi connectivity index (χ1) is 15.4. The Labute approximate surface area is 190 Å². The summed E-state index contributed by atoms with van der Waals surface area (Å²) in [6.07, 6.45) is 2.99. The summed E-state index contributed by atoms with van der Waals surface area (Å²) in [5.41, 5.74) is 1.26. The van der Waals surface area contributed by atoms with Crippen LogP contribution < -0.4 is 15.4 Å². The average molecular weight is 452 g/mol. The van der Waals surface area contributed by atoms with Gasteiger partial charge in [0.15, 0.2) is 6.61 Å². The lowest BCUT2D eigenvalue weighted by Crippen LogP contribution is -2.51. The number of halogens is 1. The summed E-state index contributed by atoms with van der Waals surface area (Å²) in [5, 5.41) is 6.53. The minimum atomic E-state index is -0.734. The van der Waals surface area contributed by atoms with E-state index in [1.54, 1.807) is 36.5 Å². The van der Waals surface area contributed by atoms with E-state index < -0.39 is 5.41 Å². The maximum absolute atomic E-state index is 12.5. The monoisotopic (exact) mass is 451 g/mol. The fraction of sp³-hybridized carbons (Fsp3) is 0.250. The lowest BCUT2D eigenvalue weighted by Gasteiger charge is -2.35. The molecule has 1 aliphatic heterocycles. The molecule has 1 unspecified atom stereocenters. The molecule has 2 heterocycles. The molecule has 0 aliphatic carbocycles. The fourth-order valence-electron chi connectivity index (χ4n) is 4.01. The number of rotatable bonds is 6. The zero-order valence-electron chi connectivity index (χ0n) is 17.5. The van der Waals surface area contributed by atoms with Crippen molar-refractivity contribution in [1.29, 1.82) is 0 Å². The number of aromatic nitrogens is 1. The van der Waals surface area contributed by atoms with Gasteiger partial charge in [0.1, 0.15) is 11.3 Å². The van der Waals surface area contributed by atoms with Gasteiger partial charge < -0.3 is 10.1 Å². The van der Waals surface area contributed by atoms with Gasteiger partial charge in [-0.1, -0.05) is 30.7 Å². The van der Waals surface area contributed by atoms with E-state index in [0.29, 0.717) is 41.2 Å². The van der Waals surface area contributed by atoms with Crippen LogP contribution in [0, 0.1) is 0 Å². The van der Waals surface area contributed by atoms with Crippen molar-refractivity contribution in [2.24, 2.45) is 0 Å². The number of benzene rings is 2. The zero-order chi connectivity index (χ0) is 22.7. The Bertz CT molecular complexity index is 1200. The van der Waals surface area contributed by atoms with Crippen LogP contribution in [0.25, 0.3) is 10.9 Å². The molecule has 0 bridgehead atoms. The van der Waals surface area contributed by atoms with Crippen LogP contribution in [0.5, 0.6) is 5.75 Å². The van der Waals surface area contributed by atoms with Crippen LogP contribution >= 0.6 is 11.6 Å². The predicted molar refractivity (Wildman–Crippen MR) is 122 cm³/mol. The lowest BCUT2D eigenvalue weighted by atomic mass is 9.72. The second kappa shape index (κ2) is 8.96. The van der Waals surface area contributed by atoms with E-state index in [1.165, 1.54) is 0 Å². The van der Waals surface area contributed by atoms with Gasteiger partial charge in [-0.25, -0.2) is 0 Å². The summed E-state index contributed by atoms with van der Waals surface area (Å²) in [7, 11) is 0. The molecule has 0 saturated carbocycles. The van der Waals surface area contributed by atoms with Crippen LogP contribution in [0.3, 0.4) is 0 Å². The summed E-state index contributed by atoms with van der Waals surface area (Å²) in [6.45, 7) is 1.73. The third-order valence-electron chi connectivity index (χ3n) is 5.83. The van der Waals surface area contributed by atoms with Crippen molar-refractivity contribution >= 4 is 45.9 Å². The van der Waals surface area contributed by atoms with Gasteiger partial charge in [0.25, 0.3) is 5.91 Å². The van der Waals surface area contributed by atoms with Crippen LogP contribution in [-0.4, -0.2) is 29.3 Å². The van der Waals surface area contributed by atoms with Crippen LogP contribution in [0.15, 0.2) is 54.7 Å². The molecule has 1 atom stereocenters. The normalized spacial score (nSPS) is 18.3. The number of carbonyl (C=O) groups is 3. The number of ether oxygens (including phenoxy) is 1. The van der Waals surface area contributed by atoms with Crippen LogP contribution in [-0.2, 0) is 19.8 Å². The number of amides is 3. The van der Waals surface area contributed by atoms with Crippen LogP contribution in [0.1, 0.15) is 31.7 Å². The highest BCUT2D eigenvalue weighted by atomic mass is 35.5. The average Bonchev–Trinajstić information content (AvgIpc) is 2.80. The van der Waals surface area contributed by atoms with Crippen molar-refractivity contribution < 1.29 is 19.1 Å². The maximum atomic E-state index is 12.5. The standard InChI is InChI=1S/C24H22ClN3O4/c1-2-24(12-11-20(29)28-23(24)31)15-5-7-16(8-6-15)27-21(30)14-32-19-10-9-18(25)17-4-3-13-26-22(17)19/h3-10,13H,2,11-12,14H2,1H3,(H,27,30)(H,28,29,31). The number of hydrogen-bond acceptors (Lipinski definition) is 5. The molecule has 2 aromatic carbocycles. The third kappa shape index (κ3) is 4.16. The van der Waals surface area contributed by atoms with E-state index >= 15 is 0 Å². The number of hydrogen-bond donors (Lipinski definition) is 2. The van der Waals surface area contributed by atoms with Crippen molar-refractivity contribution in [2.75, 3.05) is 11.9 Å². The molecular weight excluding hydrogens is 430 g/mol. The lowest BCUT2D eigenvalue weighted by molar-refractivity contribution is -0.138. The summed E-state index contributed by atoms with van der Waals surface area (Å²) in [4.78, 5) is 40.7. The largest absolute Gasteiger partial charge is 0.481 e. The second-order valence-corrected chi connectivity index (χ2v) is 8.08. The van der Waals surface area contributed by atoms with E-state index in [-0.39, 0.29) is 24.3 Å². The Balaban J connectivity index is 1.42. The van der Waals surface area contributed by atoms with Crippen molar-refractivity contribution in [3.63, 3.8) is 0 Å². The van der Waals surface area contributed by atoms with E-state index in [2.05, 4.69) is 15.6 Å². The molecule has 164 valence electrons. The van der Waals surface area contributed by atoms with Gasteiger partial charge in [-0.2, -0.15) is 0 Å². The van der Waals surface area contributed by atoms with Gasteiger partial charge >= 0.3 is 0 Å². The molecule has 1 saturated heterocycles. The SMILES string of the molecule is CCC1(c2ccc(NC(=O)COc3ccc(Cl)c4cccnc34)cc2)CCC(=O)NC1=O. The molecule has 32 heavy (non-hydrogen) atoms. The third-order valence-corrected chi connectivity index (χ3v) is 6.16. The van der Waals surface area contributed by atoms with Crippen molar-refractivity contribution in [3.8, 4) is 5.75 Å². The topological polar surface area (TPSA) is 97.4 Å². The van der Waals surface area contributed by atoms with Crippen LogP contribution in [0.2, 0.25) is 5.02 Å². The first-order valence-corrected chi connectivity index (χ1v) is 10.7. The number of carbonyl (C=O) groups excluding carboxylic acids is 3. The Morgan fingerprint density at radius 2 is 1.97 bits per heavy atom. The highest BCUT2D eigenvalue weighted by Crippen LogP contribution is 2.36. The second-order valence-electron chi connectivity index (χ2n) is 7.67. The number of fused-ring (bicyclic) bond motifs is 1. The predicted octanol–water partition coefficient (Wildman–Crippen LogP) is 3.99. The van der Waals surface area contributed by atoms with Crippen molar-refractivity contribution in [3.05, 3.63) is 65.3 Å². The van der Waals surface area contributed by atoms with Gasteiger partial charge in [-0.15, -0.1) is 0 Å². The van der Waals surface area contributed by atoms with Crippen LogP contribution in [0.4, 0.5) is 5.69 Å². The number of piperidine rings is 1. The maximum Gasteiger partial charge on any atom is 0.262 e. The number of nitrogens with one attached hydrogen (secondary N) is 2. The Morgan fingerprint density at radius 3 is 2.69 bits per heavy atom. The first-order valence-electron chi connectivity index (χ1n) is 10.3. The molecule has 1 aliphatic rings. The Kier molecular flexibility index (Phi) is 6.10. The smallest absolute Gasteiger partial charge is 0.262 e. The summed E-state index contributed by atoms with van der Waals surface area (Å²) < 4.78 is 5.67. The van der Waals surface area contributed by atoms with E-state index in [1.807, 2.05) is 25.1 Å². The van der Waals surface area contributed by atoms with E-state index in [9.17, 15) is 14.4 Å². The minimum absolute atomic E-state index is 0.196. The Hall–Kier alpha value is -3.45. The minimum Gasteiger partial charge on any atom is -0.481 e. The van der Waals surface area contributed by atoms with Gasteiger partial charge in [-0.3, -0.25) is 24.7 Å². The highest BCUT2D eigenvalue weighted by molar-refractivity contribution is 6.35. The molecule has 2 N–H and O–H groups in total. The molecule has 4 rings (SSSR count). The van der Waals surface area contributed by atoms with Crippen molar-refractivity contribution in [2.45, 2.75) is 31.6 Å². The molecule has 8 heteroatoms. The molecule has 0 spiro atoms. The Morgan fingerprint density at radius 1 is 1.19 bits per heavy atom. The quantitative estimate of drug-likeness (QED) is 0.552. The molecule has 7 nitrogen and oxygen atoms in total. The summed E-state index contributed by atoms with van der Waals surface area (Å²) >= 11 is 6.19. The van der Waals surface area contributed by atoms with Gasteiger partial charge in [0.05, 0.1) is 10.4 Å². The molecule has 1 fully saturated rings. The molecular formula is C24H22ClN3O4. The number of imide groups is 1. The molecule has 0 radical (unpaired) electrons. The molecule has 1 aromatic heterocycles. The molecule has 3 amide bonds. The highest BCUT2D eigenvalue weighted by Gasteiger charge is 2.42. The van der Waals surface area contributed by atoms with Gasteiger partial charge in [-0.05, 0) is 54.8 Å². The number of anilines is 1. The van der Waals surface area contributed by atoms with Gasteiger partial charge in [0.2, 0.25) is 11.8 Å². The summed E-state index contributed by atoms with van der Waals surface area (Å²) in [5.74, 6) is -0.377. The fourth-order valence-corrected chi connectivity index (χ4v) is 4.22. The van der Waals surface area contributed by atoms with Gasteiger partial charge in [0, 0.05) is 23.7 Å². The van der Waals surface area contributed by atoms with E-state index in [4.69, 9.17) is 16.3 Å². The number of pyridine rings is 1. The zero-order valence-corrected chi connectivity index (χ0v) is 18.2. The van der Waals surface area contributed by atoms with E-state index in [0.717, 1.165) is 10.9 Å². The van der Waals surface area contributed by atoms with Crippen molar-refractivity contribution in [1.82, 2.24) is 10.3 Å². The first kappa shape index (κ1) is 21.8. The summed E-state index contributed by atoms with van der Waals surface area (Å²) in [6, 6.07) is 14.1. The number of nitrogens with zero attached hydrogens (tertiary/aromatic N) is 1. The molecule has 3 aromatic rings.